The third-order valence-electron chi connectivity index (χ3n) is 3.39. The Kier molecular flexibility index (Phi) is 7.07. The molecular formula is C18H18INO6. The minimum Gasteiger partial charge on any atom is -0.496 e. The first-order valence-electron chi connectivity index (χ1n) is 7.51. The van der Waals surface area contributed by atoms with E-state index in [0.717, 1.165) is 3.57 Å². The molecule has 26 heavy (non-hydrogen) atoms. The summed E-state index contributed by atoms with van der Waals surface area (Å²) in [4.78, 5) is 24.3. The first kappa shape index (κ1) is 19.8. The summed E-state index contributed by atoms with van der Waals surface area (Å²) in [5.41, 5.74) is 0.752. The van der Waals surface area contributed by atoms with Crippen LogP contribution in [-0.2, 0) is 9.53 Å². The van der Waals surface area contributed by atoms with Crippen molar-refractivity contribution >= 4 is 40.2 Å². The molecule has 0 saturated heterocycles. The summed E-state index contributed by atoms with van der Waals surface area (Å²) in [6.07, 6.45) is 0. The van der Waals surface area contributed by atoms with Gasteiger partial charge in [-0.2, -0.15) is 0 Å². The molecule has 2 rings (SSSR count). The van der Waals surface area contributed by atoms with Gasteiger partial charge >= 0.3 is 5.97 Å². The van der Waals surface area contributed by atoms with Crippen LogP contribution in [0, 0.1) is 3.57 Å². The highest BCUT2D eigenvalue weighted by molar-refractivity contribution is 14.1. The standard InChI is InChI=1S/C18H18INO6/c1-23-14-9-16(25-3)15(24-2)8-13(14)18(22)26-10-17(21)20-12-6-4-11(19)5-7-12/h4-9H,10H2,1-3H3,(H,20,21). The maximum atomic E-state index is 12.3. The smallest absolute Gasteiger partial charge is 0.342 e. The van der Waals surface area contributed by atoms with Gasteiger partial charge < -0.3 is 24.3 Å². The molecule has 0 atom stereocenters. The van der Waals surface area contributed by atoms with Crippen LogP contribution in [0.1, 0.15) is 10.4 Å². The third-order valence-corrected chi connectivity index (χ3v) is 4.11. The fourth-order valence-corrected chi connectivity index (χ4v) is 2.49. The maximum Gasteiger partial charge on any atom is 0.342 e. The molecular weight excluding hydrogens is 453 g/mol. The maximum absolute atomic E-state index is 12.3. The number of methoxy groups -OCH3 is 3. The molecule has 8 heteroatoms. The fraction of sp³-hybridized carbons (Fsp3) is 0.222. The van der Waals surface area contributed by atoms with Crippen LogP contribution in [-0.4, -0.2) is 39.8 Å². The second-order valence-electron chi connectivity index (χ2n) is 5.04. The number of rotatable bonds is 7. The fourth-order valence-electron chi connectivity index (χ4n) is 2.13. The van der Waals surface area contributed by atoms with Crippen LogP contribution in [0.5, 0.6) is 17.2 Å². The lowest BCUT2D eigenvalue weighted by Crippen LogP contribution is -2.21. The van der Waals surface area contributed by atoms with E-state index in [1.54, 1.807) is 12.1 Å². The van der Waals surface area contributed by atoms with Crippen molar-refractivity contribution in [2.24, 2.45) is 0 Å². The second kappa shape index (κ2) is 9.27. The number of halogens is 1. The molecule has 0 aliphatic heterocycles. The number of nitrogens with one attached hydrogen (secondary N) is 1. The van der Waals surface area contributed by atoms with E-state index in [4.69, 9.17) is 18.9 Å². The Morgan fingerprint density at radius 3 is 2.08 bits per heavy atom. The molecule has 0 aliphatic carbocycles. The van der Waals surface area contributed by atoms with Gasteiger partial charge in [0.05, 0.1) is 21.3 Å². The number of hydrogen-bond acceptors (Lipinski definition) is 6. The molecule has 0 radical (unpaired) electrons. The van der Waals surface area contributed by atoms with E-state index in [1.165, 1.54) is 33.5 Å². The highest BCUT2D eigenvalue weighted by atomic mass is 127. The molecule has 0 heterocycles. The Balaban J connectivity index is 2.04. The van der Waals surface area contributed by atoms with Crippen LogP contribution in [0.15, 0.2) is 36.4 Å². The minimum absolute atomic E-state index is 0.132. The normalized spacial score (nSPS) is 10.0. The highest BCUT2D eigenvalue weighted by Gasteiger charge is 2.19. The van der Waals surface area contributed by atoms with Crippen molar-refractivity contribution in [1.29, 1.82) is 0 Å². The van der Waals surface area contributed by atoms with Crippen molar-refractivity contribution in [3.05, 3.63) is 45.5 Å². The molecule has 0 unspecified atom stereocenters. The van der Waals surface area contributed by atoms with Gasteiger partial charge in [-0.3, -0.25) is 4.79 Å². The first-order chi connectivity index (χ1) is 12.5. The molecule has 2 aromatic rings. The molecule has 7 nitrogen and oxygen atoms in total. The quantitative estimate of drug-likeness (QED) is 0.494. The van der Waals surface area contributed by atoms with Crippen LogP contribution in [0.3, 0.4) is 0 Å². The summed E-state index contributed by atoms with van der Waals surface area (Å²) in [7, 11) is 4.35. The molecule has 1 amide bonds. The van der Waals surface area contributed by atoms with Crippen molar-refractivity contribution in [1.82, 2.24) is 0 Å². The van der Waals surface area contributed by atoms with Gasteiger partial charge in [-0.15, -0.1) is 0 Å². The number of esters is 1. The van der Waals surface area contributed by atoms with Gasteiger partial charge in [0.15, 0.2) is 18.1 Å². The average molecular weight is 471 g/mol. The van der Waals surface area contributed by atoms with Gasteiger partial charge in [-0.1, -0.05) is 0 Å². The zero-order valence-corrected chi connectivity index (χ0v) is 16.7. The summed E-state index contributed by atoms with van der Waals surface area (Å²) < 4.78 is 21.6. The predicted molar refractivity (Wildman–Crippen MR) is 104 cm³/mol. The van der Waals surface area contributed by atoms with Gasteiger partial charge in [0.2, 0.25) is 0 Å². The average Bonchev–Trinajstić information content (AvgIpc) is 2.66. The molecule has 138 valence electrons. The monoisotopic (exact) mass is 471 g/mol. The third kappa shape index (κ3) is 5.01. The van der Waals surface area contributed by atoms with Gasteiger partial charge in [0.1, 0.15) is 11.3 Å². The van der Waals surface area contributed by atoms with Crippen molar-refractivity contribution in [3.8, 4) is 17.2 Å². The van der Waals surface area contributed by atoms with Gasteiger partial charge in [-0.05, 0) is 46.9 Å². The summed E-state index contributed by atoms with van der Waals surface area (Å²) >= 11 is 2.17. The van der Waals surface area contributed by atoms with Crippen LogP contribution in [0.25, 0.3) is 0 Å². The zero-order chi connectivity index (χ0) is 19.1. The molecule has 1 N–H and O–H groups in total. The topological polar surface area (TPSA) is 83.1 Å². The molecule has 0 spiro atoms. The van der Waals surface area contributed by atoms with Crippen LogP contribution >= 0.6 is 22.6 Å². The van der Waals surface area contributed by atoms with Gasteiger partial charge in [-0.25, -0.2) is 4.79 Å². The lowest BCUT2D eigenvalue weighted by Gasteiger charge is -2.13. The number of carbonyl (C=O) groups excluding carboxylic acids is 2. The number of anilines is 1. The second-order valence-corrected chi connectivity index (χ2v) is 6.28. The lowest BCUT2D eigenvalue weighted by molar-refractivity contribution is -0.119. The molecule has 0 saturated carbocycles. The summed E-state index contributed by atoms with van der Waals surface area (Å²) in [5.74, 6) is -0.133. The van der Waals surface area contributed by atoms with E-state index in [-0.39, 0.29) is 11.3 Å². The van der Waals surface area contributed by atoms with E-state index < -0.39 is 18.5 Å². The Hall–Kier alpha value is -2.49. The van der Waals surface area contributed by atoms with Gasteiger partial charge in [0, 0.05) is 21.4 Å². The van der Waals surface area contributed by atoms with Crippen LogP contribution < -0.4 is 19.5 Å². The number of ether oxygens (including phenoxy) is 4. The zero-order valence-electron chi connectivity index (χ0n) is 14.5. The van der Waals surface area contributed by atoms with Crippen molar-refractivity contribution in [2.45, 2.75) is 0 Å². The number of amides is 1. The van der Waals surface area contributed by atoms with Crippen LogP contribution in [0.2, 0.25) is 0 Å². The van der Waals surface area contributed by atoms with E-state index in [2.05, 4.69) is 27.9 Å². The molecule has 0 fully saturated rings. The highest BCUT2D eigenvalue weighted by Crippen LogP contribution is 2.34. The van der Waals surface area contributed by atoms with Crippen molar-refractivity contribution < 1.29 is 28.5 Å². The molecule has 2 aromatic carbocycles. The summed E-state index contributed by atoms with van der Waals surface area (Å²) in [6.45, 7) is -0.428. The Morgan fingerprint density at radius 2 is 1.50 bits per heavy atom. The molecule has 0 bridgehead atoms. The Labute approximate surface area is 164 Å². The number of hydrogen-bond donors (Lipinski definition) is 1. The SMILES string of the molecule is COc1cc(OC)c(C(=O)OCC(=O)Nc2ccc(I)cc2)cc1OC. The molecule has 0 aliphatic rings. The Bertz CT molecular complexity index is 791. The summed E-state index contributed by atoms with van der Waals surface area (Å²) in [6, 6.07) is 10.2. The van der Waals surface area contributed by atoms with E-state index in [0.29, 0.717) is 17.2 Å². The number of carbonyl (C=O) groups is 2. The van der Waals surface area contributed by atoms with Crippen molar-refractivity contribution in [3.63, 3.8) is 0 Å². The van der Waals surface area contributed by atoms with E-state index in [9.17, 15) is 9.59 Å². The van der Waals surface area contributed by atoms with E-state index in [1.807, 2.05) is 12.1 Å². The van der Waals surface area contributed by atoms with Crippen LogP contribution in [0.4, 0.5) is 5.69 Å². The first-order valence-corrected chi connectivity index (χ1v) is 8.59. The number of benzene rings is 2. The predicted octanol–water partition coefficient (Wildman–Crippen LogP) is 3.11. The lowest BCUT2D eigenvalue weighted by atomic mass is 10.1. The largest absolute Gasteiger partial charge is 0.496 e. The minimum atomic E-state index is -0.708. The molecule has 0 aromatic heterocycles. The van der Waals surface area contributed by atoms with E-state index >= 15 is 0 Å². The van der Waals surface area contributed by atoms with Crippen molar-refractivity contribution in [2.75, 3.05) is 33.3 Å². The van der Waals surface area contributed by atoms with Gasteiger partial charge in [0.25, 0.3) is 5.91 Å². The Morgan fingerprint density at radius 1 is 0.923 bits per heavy atom. The summed E-state index contributed by atoms with van der Waals surface area (Å²) in [5, 5.41) is 2.65.